The van der Waals surface area contributed by atoms with Gasteiger partial charge in [0, 0.05) is 12.1 Å². The van der Waals surface area contributed by atoms with Gasteiger partial charge < -0.3 is 9.30 Å². The maximum absolute atomic E-state index is 12.2. The number of esters is 1. The van der Waals surface area contributed by atoms with Crippen molar-refractivity contribution in [2.24, 2.45) is 5.92 Å². The molecule has 1 aliphatic rings. The molecule has 1 heterocycles. The van der Waals surface area contributed by atoms with E-state index in [-0.39, 0.29) is 5.97 Å². The highest BCUT2D eigenvalue weighted by Crippen LogP contribution is 2.31. The van der Waals surface area contributed by atoms with Crippen LogP contribution in [0.3, 0.4) is 0 Å². The van der Waals surface area contributed by atoms with Crippen LogP contribution >= 0.6 is 0 Å². The Labute approximate surface area is 160 Å². The Hall–Kier alpha value is -2.62. The smallest absolute Gasteiger partial charge is 0.338 e. The third kappa shape index (κ3) is 3.75. The van der Waals surface area contributed by atoms with Gasteiger partial charge in [-0.2, -0.15) is 0 Å². The van der Waals surface area contributed by atoms with E-state index < -0.39 is 0 Å². The van der Waals surface area contributed by atoms with Crippen LogP contribution in [-0.4, -0.2) is 22.1 Å². The normalized spacial score (nSPS) is 15.1. The zero-order valence-electron chi connectivity index (χ0n) is 15.9. The van der Waals surface area contributed by atoms with E-state index in [0.29, 0.717) is 18.1 Å². The summed E-state index contributed by atoms with van der Waals surface area (Å²) in [6.45, 7) is 3.16. The number of hydrogen-bond acceptors (Lipinski definition) is 3. The predicted molar refractivity (Wildman–Crippen MR) is 108 cm³/mol. The van der Waals surface area contributed by atoms with E-state index in [0.717, 1.165) is 29.0 Å². The van der Waals surface area contributed by atoms with Crippen LogP contribution in [0.1, 0.15) is 49.4 Å². The number of aromatic nitrogens is 2. The number of carbonyl (C=O) groups excluding carboxylic acids is 1. The van der Waals surface area contributed by atoms with E-state index in [1.807, 2.05) is 43.3 Å². The summed E-state index contributed by atoms with van der Waals surface area (Å²) in [4.78, 5) is 17.1. The topological polar surface area (TPSA) is 44.1 Å². The lowest BCUT2D eigenvalue weighted by molar-refractivity contribution is 0.0526. The van der Waals surface area contributed by atoms with Gasteiger partial charge >= 0.3 is 5.97 Å². The lowest BCUT2D eigenvalue weighted by Gasteiger charge is -2.23. The van der Waals surface area contributed by atoms with Crippen molar-refractivity contribution in [1.29, 1.82) is 0 Å². The van der Waals surface area contributed by atoms with Gasteiger partial charge in [0.15, 0.2) is 0 Å². The SMILES string of the molecule is CCOC(=O)c1ccc2nc(-c3ccccc3)n(CC3CCCCC3)c2c1. The van der Waals surface area contributed by atoms with Gasteiger partial charge in [0.05, 0.1) is 23.2 Å². The third-order valence-electron chi connectivity index (χ3n) is 5.46. The monoisotopic (exact) mass is 362 g/mol. The summed E-state index contributed by atoms with van der Waals surface area (Å²) in [6, 6.07) is 16.0. The minimum absolute atomic E-state index is 0.272. The number of imidazole rings is 1. The van der Waals surface area contributed by atoms with Crippen molar-refractivity contribution in [2.45, 2.75) is 45.6 Å². The largest absolute Gasteiger partial charge is 0.462 e. The Morgan fingerprint density at radius 3 is 2.63 bits per heavy atom. The van der Waals surface area contributed by atoms with Gasteiger partial charge in [-0.05, 0) is 43.9 Å². The summed E-state index contributed by atoms with van der Waals surface area (Å²) in [7, 11) is 0. The van der Waals surface area contributed by atoms with Gasteiger partial charge in [0.1, 0.15) is 5.82 Å². The highest BCUT2D eigenvalue weighted by molar-refractivity contribution is 5.94. The first-order valence-electron chi connectivity index (χ1n) is 9.99. The third-order valence-corrected chi connectivity index (χ3v) is 5.46. The molecule has 27 heavy (non-hydrogen) atoms. The van der Waals surface area contributed by atoms with Crippen molar-refractivity contribution in [3.63, 3.8) is 0 Å². The quantitative estimate of drug-likeness (QED) is 0.566. The molecule has 3 aromatic rings. The first kappa shape index (κ1) is 17.8. The number of ether oxygens (including phenoxy) is 1. The lowest BCUT2D eigenvalue weighted by Crippen LogP contribution is -2.15. The Morgan fingerprint density at radius 2 is 1.89 bits per heavy atom. The molecule has 0 unspecified atom stereocenters. The van der Waals surface area contributed by atoms with E-state index in [9.17, 15) is 4.79 Å². The van der Waals surface area contributed by atoms with E-state index in [2.05, 4.69) is 16.7 Å². The molecule has 4 nitrogen and oxygen atoms in total. The van der Waals surface area contributed by atoms with Crippen LogP contribution in [0.2, 0.25) is 0 Å². The molecule has 0 N–H and O–H groups in total. The van der Waals surface area contributed by atoms with E-state index in [1.165, 1.54) is 32.1 Å². The highest BCUT2D eigenvalue weighted by Gasteiger charge is 2.20. The summed E-state index contributed by atoms with van der Waals surface area (Å²) in [5.41, 5.74) is 3.65. The van der Waals surface area contributed by atoms with Gasteiger partial charge in [-0.15, -0.1) is 0 Å². The molecule has 1 fully saturated rings. The Bertz CT molecular complexity index is 924. The molecular weight excluding hydrogens is 336 g/mol. The number of rotatable bonds is 5. The number of carbonyl (C=O) groups is 1. The van der Waals surface area contributed by atoms with Crippen molar-refractivity contribution >= 4 is 17.0 Å². The van der Waals surface area contributed by atoms with Crippen molar-refractivity contribution in [1.82, 2.24) is 9.55 Å². The standard InChI is InChI=1S/C23H26N2O2/c1-2-27-23(26)19-13-14-20-21(15-19)25(16-17-9-5-3-6-10-17)22(24-20)18-11-7-4-8-12-18/h4,7-8,11-15,17H,2-3,5-6,9-10,16H2,1H3. The molecule has 1 aromatic heterocycles. The second kappa shape index (κ2) is 7.95. The Kier molecular flexibility index (Phi) is 5.23. The molecule has 0 aliphatic heterocycles. The molecule has 0 spiro atoms. The zero-order valence-corrected chi connectivity index (χ0v) is 15.9. The molecule has 0 bridgehead atoms. The van der Waals surface area contributed by atoms with Gasteiger partial charge in [-0.3, -0.25) is 0 Å². The second-order valence-corrected chi connectivity index (χ2v) is 7.34. The fraction of sp³-hybridized carbons (Fsp3) is 0.391. The molecule has 2 aromatic carbocycles. The number of benzene rings is 2. The predicted octanol–water partition coefficient (Wildman–Crippen LogP) is 5.46. The van der Waals surface area contributed by atoms with Crippen LogP contribution in [0.25, 0.3) is 22.4 Å². The van der Waals surface area contributed by atoms with Crippen LogP contribution < -0.4 is 0 Å². The van der Waals surface area contributed by atoms with Gasteiger partial charge in [0.2, 0.25) is 0 Å². The molecular formula is C23H26N2O2. The summed E-state index contributed by atoms with van der Waals surface area (Å²) in [5.74, 6) is 1.38. The summed E-state index contributed by atoms with van der Waals surface area (Å²) < 4.78 is 7.50. The molecule has 0 radical (unpaired) electrons. The van der Waals surface area contributed by atoms with Crippen LogP contribution in [0.15, 0.2) is 48.5 Å². The minimum atomic E-state index is -0.272. The Morgan fingerprint density at radius 1 is 1.11 bits per heavy atom. The van der Waals surface area contributed by atoms with Crippen molar-refractivity contribution < 1.29 is 9.53 Å². The molecule has 4 heteroatoms. The van der Waals surface area contributed by atoms with Gasteiger partial charge in [0.25, 0.3) is 0 Å². The van der Waals surface area contributed by atoms with Crippen LogP contribution in [0.4, 0.5) is 0 Å². The van der Waals surface area contributed by atoms with E-state index >= 15 is 0 Å². The lowest BCUT2D eigenvalue weighted by atomic mass is 9.89. The molecule has 140 valence electrons. The van der Waals surface area contributed by atoms with E-state index in [1.54, 1.807) is 0 Å². The van der Waals surface area contributed by atoms with E-state index in [4.69, 9.17) is 9.72 Å². The zero-order chi connectivity index (χ0) is 18.6. The summed E-state index contributed by atoms with van der Waals surface area (Å²) >= 11 is 0. The first-order valence-corrected chi connectivity index (χ1v) is 9.99. The minimum Gasteiger partial charge on any atom is -0.462 e. The summed E-state index contributed by atoms with van der Waals surface area (Å²) in [5, 5.41) is 0. The highest BCUT2D eigenvalue weighted by atomic mass is 16.5. The fourth-order valence-corrected chi connectivity index (χ4v) is 4.08. The summed E-state index contributed by atoms with van der Waals surface area (Å²) in [6.07, 6.45) is 6.51. The average Bonchev–Trinajstić information content (AvgIpc) is 3.07. The molecule has 0 saturated heterocycles. The second-order valence-electron chi connectivity index (χ2n) is 7.34. The van der Waals surface area contributed by atoms with Crippen molar-refractivity contribution in [3.8, 4) is 11.4 Å². The molecule has 1 saturated carbocycles. The van der Waals surface area contributed by atoms with Crippen LogP contribution in [0, 0.1) is 5.92 Å². The van der Waals surface area contributed by atoms with Crippen molar-refractivity contribution in [2.75, 3.05) is 6.61 Å². The van der Waals surface area contributed by atoms with Crippen molar-refractivity contribution in [3.05, 3.63) is 54.1 Å². The first-order chi connectivity index (χ1) is 13.3. The molecule has 0 atom stereocenters. The molecule has 0 amide bonds. The number of hydrogen-bond donors (Lipinski definition) is 0. The maximum Gasteiger partial charge on any atom is 0.338 e. The van der Waals surface area contributed by atoms with Gasteiger partial charge in [-0.1, -0.05) is 49.6 Å². The molecule has 4 rings (SSSR count). The number of nitrogens with zero attached hydrogens (tertiary/aromatic N) is 2. The van der Waals surface area contributed by atoms with Crippen LogP contribution in [-0.2, 0) is 11.3 Å². The number of fused-ring (bicyclic) bond motifs is 1. The maximum atomic E-state index is 12.2. The fourth-order valence-electron chi connectivity index (χ4n) is 4.08. The molecule has 1 aliphatic carbocycles. The Balaban J connectivity index is 1.80. The van der Waals surface area contributed by atoms with Crippen LogP contribution in [0.5, 0.6) is 0 Å². The van der Waals surface area contributed by atoms with Gasteiger partial charge in [-0.25, -0.2) is 9.78 Å². The average molecular weight is 362 g/mol.